The van der Waals surface area contributed by atoms with Gasteiger partial charge in [0.1, 0.15) is 0 Å². The van der Waals surface area contributed by atoms with Crippen LogP contribution >= 0.6 is 0 Å². The summed E-state index contributed by atoms with van der Waals surface area (Å²) < 4.78 is 27.0. The van der Waals surface area contributed by atoms with E-state index in [0.29, 0.717) is 11.8 Å². The van der Waals surface area contributed by atoms with E-state index >= 15 is 0 Å². The molecule has 0 radical (unpaired) electrons. The molecule has 2 saturated heterocycles. The molecular weight excluding hydrogens is 284 g/mol. The van der Waals surface area contributed by atoms with Gasteiger partial charge >= 0.3 is 0 Å². The molecule has 4 nitrogen and oxygen atoms in total. The van der Waals surface area contributed by atoms with Crippen LogP contribution in [0.15, 0.2) is 0 Å². The summed E-state index contributed by atoms with van der Waals surface area (Å²) in [6, 6.07) is 0.623. The van der Waals surface area contributed by atoms with Gasteiger partial charge in [-0.3, -0.25) is 0 Å². The Morgan fingerprint density at radius 2 is 1.62 bits per heavy atom. The van der Waals surface area contributed by atoms with Gasteiger partial charge in [-0.05, 0) is 63.5 Å². The van der Waals surface area contributed by atoms with Crippen LogP contribution in [-0.4, -0.2) is 55.6 Å². The Balaban J connectivity index is 1.52. The Labute approximate surface area is 129 Å². The number of sulfonamides is 1. The molecule has 0 N–H and O–H groups in total. The van der Waals surface area contributed by atoms with E-state index in [1.807, 2.05) is 0 Å². The van der Waals surface area contributed by atoms with Gasteiger partial charge in [0.05, 0.1) is 5.75 Å². The molecule has 3 fully saturated rings. The first kappa shape index (κ1) is 15.8. The topological polar surface area (TPSA) is 40.6 Å². The van der Waals surface area contributed by atoms with Gasteiger partial charge < -0.3 is 4.90 Å². The summed E-state index contributed by atoms with van der Waals surface area (Å²) in [5.74, 6) is 0.394. The number of hydrogen-bond donors (Lipinski definition) is 0. The van der Waals surface area contributed by atoms with Gasteiger partial charge in [0.25, 0.3) is 0 Å². The highest BCUT2D eigenvalue weighted by Gasteiger charge is 2.46. The second kappa shape index (κ2) is 6.17. The summed E-state index contributed by atoms with van der Waals surface area (Å²) in [5.41, 5.74) is 0.128. The number of nitrogens with zero attached hydrogens (tertiary/aromatic N) is 2. The lowest BCUT2D eigenvalue weighted by molar-refractivity contribution is 0.117. The van der Waals surface area contributed by atoms with Gasteiger partial charge in [-0.1, -0.05) is 13.3 Å². The van der Waals surface area contributed by atoms with E-state index in [0.717, 1.165) is 45.2 Å². The van der Waals surface area contributed by atoms with Crippen molar-refractivity contribution in [2.75, 3.05) is 31.9 Å². The molecule has 5 heteroatoms. The fraction of sp³-hybridized carbons (Fsp3) is 1.00. The summed E-state index contributed by atoms with van der Waals surface area (Å²) >= 11 is 0. The Bertz CT molecular complexity index is 445. The largest absolute Gasteiger partial charge is 0.300 e. The highest BCUT2D eigenvalue weighted by Crippen LogP contribution is 2.50. The fourth-order valence-corrected chi connectivity index (χ4v) is 6.24. The van der Waals surface area contributed by atoms with Crippen molar-refractivity contribution < 1.29 is 8.42 Å². The molecule has 3 aliphatic rings. The maximum atomic E-state index is 12.6. The van der Waals surface area contributed by atoms with E-state index in [4.69, 9.17) is 0 Å². The molecule has 2 aliphatic heterocycles. The van der Waals surface area contributed by atoms with Gasteiger partial charge in [0, 0.05) is 19.1 Å². The van der Waals surface area contributed by atoms with Gasteiger partial charge in [0.15, 0.2) is 0 Å². The Morgan fingerprint density at radius 1 is 1.00 bits per heavy atom. The van der Waals surface area contributed by atoms with Crippen LogP contribution in [0.3, 0.4) is 0 Å². The maximum absolute atomic E-state index is 12.6. The minimum absolute atomic E-state index is 0.128. The average molecular weight is 314 g/mol. The monoisotopic (exact) mass is 314 g/mol. The zero-order valence-corrected chi connectivity index (χ0v) is 14.2. The van der Waals surface area contributed by atoms with Crippen molar-refractivity contribution in [3.05, 3.63) is 0 Å². The van der Waals surface area contributed by atoms with E-state index in [1.54, 1.807) is 4.31 Å². The zero-order valence-electron chi connectivity index (χ0n) is 13.4. The lowest BCUT2D eigenvalue weighted by Gasteiger charge is -2.40. The van der Waals surface area contributed by atoms with Crippen LogP contribution < -0.4 is 0 Å². The van der Waals surface area contributed by atoms with Crippen molar-refractivity contribution >= 4 is 10.0 Å². The number of piperidine rings is 2. The molecular formula is C16H30N2O2S. The van der Waals surface area contributed by atoms with E-state index in [9.17, 15) is 8.42 Å². The molecule has 0 atom stereocenters. The minimum atomic E-state index is -3.03. The van der Waals surface area contributed by atoms with Crippen molar-refractivity contribution in [3.8, 4) is 0 Å². The third-order valence-corrected chi connectivity index (χ3v) is 8.05. The third-order valence-electron chi connectivity index (χ3n) is 5.92. The van der Waals surface area contributed by atoms with Crippen LogP contribution in [0, 0.1) is 5.41 Å². The lowest BCUT2D eigenvalue weighted by atomic mass is 10.0. The van der Waals surface area contributed by atoms with Crippen molar-refractivity contribution in [1.82, 2.24) is 9.21 Å². The number of hydrogen-bond acceptors (Lipinski definition) is 3. The molecule has 3 rings (SSSR count). The standard InChI is InChI=1S/C16H30N2O2S/c1-2-16(8-9-16)14-21(19,20)18-12-6-15(7-13-18)17-10-4-3-5-11-17/h15H,2-14H2,1H3. The van der Waals surface area contributed by atoms with Gasteiger partial charge in [-0.25, -0.2) is 12.7 Å². The second-order valence-electron chi connectivity index (χ2n) is 7.34. The first-order valence-corrected chi connectivity index (χ1v) is 10.4. The molecule has 0 amide bonds. The highest BCUT2D eigenvalue weighted by atomic mass is 32.2. The van der Waals surface area contributed by atoms with Crippen LogP contribution in [0.5, 0.6) is 0 Å². The number of likely N-dealkylation sites (tertiary alicyclic amines) is 1. The first-order chi connectivity index (χ1) is 10.0. The predicted molar refractivity (Wildman–Crippen MR) is 85.8 cm³/mol. The van der Waals surface area contributed by atoms with Crippen LogP contribution in [0.4, 0.5) is 0 Å². The number of rotatable bonds is 5. The van der Waals surface area contributed by atoms with E-state index in [1.165, 1.54) is 32.4 Å². The fourth-order valence-electron chi connectivity index (χ4n) is 4.02. The molecule has 0 aromatic rings. The van der Waals surface area contributed by atoms with Crippen LogP contribution in [0.1, 0.15) is 58.3 Å². The van der Waals surface area contributed by atoms with Crippen molar-refractivity contribution in [3.63, 3.8) is 0 Å². The summed E-state index contributed by atoms with van der Waals surface area (Å²) in [6.45, 7) is 6.05. The Morgan fingerprint density at radius 3 is 2.14 bits per heavy atom. The molecule has 0 spiro atoms. The third kappa shape index (κ3) is 3.62. The van der Waals surface area contributed by atoms with Crippen molar-refractivity contribution in [1.29, 1.82) is 0 Å². The van der Waals surface area contributed by atoms with Gasteiger partial charge in [-0.2, -0.15) is 0 Å². The van der Waals surface area contributed by atoms with E-state index in [-0.39, 0.29) is 5.41 Å². The van der Waals surface area contributed by atoms with E-state index < -0.39 is 10.0 Å². The molecule has 21 heavy (non-hydrogen) atoms. The quantitative estimate of drug-likeness (QED) is 0.782. The van der Waals surface area contributed by atoms with Crippen molar-refractivity contribution in [2.24, 2.45) is 5.41 Å². The molecule has 0 aromatic heterocycles. The normalized spacial score (nSPS) is 28.6. The maximum Gasteiger partial charge on any atom is 0.214 e. The Hall–Kier alpha value is -0.130. The SMILES string of the molecule is CCC1(CS(=O)(=O)N2CCC(N3CCCCC3)CC2)CC1. The van der Waals surface area contributed by atoms with Crippen LogP contribution in [0.25, 0.3) is 0 Å². The van der Waals surface area contributed by atoms with E-state index in [2.05, 4.69) is 11.8 Å². The lowest BCUT2D eigenvalue weighted by Crippen LogP contribution is -2.49. The summed E-state index contributed by atoms with van der Waals surface area (Å²) in [6.07, 6.45) is 9.27. The van der Waals surface area contributed by atoms with Crippen LogP contribution in [0.2, 0.25) is 0 Å². The molecule has 0 unspecified atom stereocenters. The Kier molecular flexibility index (Phi) is 4.63. The van der Waals surface area contributed by atoms with Gasteiger partial charge in [-0.15, -0.1) is 0 Å². The highest BCUT2D eigenvalue weighted by molar-refractivity contribution is 7.89. The molecule has 2 heterocycles. The molecule has 0 aromatic carbocycles. The smallest absolute Gasteiger partial charge is 0.214 e. The average Bonchev–Trinajstić information content (AvgIpc) is 3.28. The molecule has 1 saturated carbocycles. The predicted octanol–water partition coefficient (Wildman–Crippen LogP) is 2.46. The van der Waals surface area contributed by atoms with Gasteiger partial charge in [0.2, 0.25) is 10.0 Å². The zero-order chi connectivity index (χ0) is 14.9. The van der Waals surface area contributed by atoms with Crippen LogP contribution in [-0.2, 0) is 10.0 Å². The minimum Gasteiger partial charge on any atom is -0.300 e. The first-order valence-electron chi connectivity index (χ1n) is 8.77. The molecule has 122 valence electrons. The van der Waals surface area contributed by atoms with Crippen molar-refractivity contribution in [2.45, 2.75) is 64.3 Å². The summed E-state index contributed by atoms with van der Waals surface area (Å²) in [4.78, 5) is 2.60. The molecule has 0 bridgehead atoms. The second-order valence-corrected chi connectivity index (χ2v) is 9.31. The summed E-state index contributed by atoms with van der Waals surface area (Å²) in [5, 5.41) is 0. The summed E-state index contributed by atoms with van der Waals surface area (Å²) in [7, 11) is -3.03. The molecule has 1 aliphatic carbocycles.